The fourth-order valence-electron chi connectivity index (χ4n) is 6.09. The van der Waals surface area contributed by atoms with Crippen LogP contribution in [0.25, 0.3) is 11.8 Å². The van der Waals surface area contributed by atoms with Crippen molar-refractivity contribution in [1.82, 2.24) is 4.57 Å². The molecule has 6 nitrogen and oxygen atoms in total. The van der Waals surface area contributed by atoms with Crippen molar-refractivity contribution in [2.45, 2.75) is 25.5 Å². The van der Waals surface area contributed by atoms with Gasteiger partial charge in [-0.3, -0.25) is 9.36 Å². The number of nitrogens with zero attached hydrogens (tertiary/aromatic N) is 2. The highest BCUT2D eigenvalue weighted by atomic mass is 79.9. The quantitative estimate of drug-likeness (QED) is 0.165. The smallest absolute Gasteiger partial charge is 0.271 e. The Morgan fingerprint density at radius 2 is 1.72 bits per heavy atom. The maximum Gasteiger partial charge on any atom is 0.271 e. The maximum absolute atomic E-state index is 14.3. The van der Waals surface area contributed by atoms with Gasteiger partial charge in [0, 0.05) is 21.2 Å². The number of hydrogen-bond donors (Lipinski definition) is 0. The van der Waals surface area contributed by atoms with Crippen LogP contribution in [0.2, 0.25) is 10.0 Å². The molecule has 0 N–H and O–H groups in total. The number of ether oxygens (including phenoxy) is 3. The Kier molecular flexibility index (Phi) is 9.11. The summed E-state index contributed by atoms with van der Waals surface area (Å²) in [6.07, 6.45) is 3.56. The van der Waals surface area contributed by atoms with Gasteiger partial charge in [0.25, 0.3) is 5.56 Å². The first-order valence-corrected chi connectivity index (χ1v) is 17.8. The second-order valence-corrected chi connectivity index (χ2v) is 14.6. The first kappa shape index (κ1) is 32.2. The van der Waals surface area contributed by atoms with Crippen molar-refractivity contribution in [2.24, 2.45) is 4.99 Å². The number of aromatic nitrogens is 1. The van der Waals surface area contributed by atoms with E-state index in [-0.39, 0.29) is 18.2 Å². The Hall–Kier alpha value is -3.34. The molecule has 0 unspecified atom stereocenters. The lowest BCUT2D eigenvalue weighted by molar-refractivity contribution is 0.302. The van der Waals surface area contributed by atoms with Gasteiger partial charge in [-0.25, -0.2) is 4.99 Å². The van der Waals surface area contributed by atoms with Crippen molar-refractivity contribution in [1.29, 1.82) is 0 Å². The van der Waals surface area contributed by atoms with Gasteiger partial charge in [0.2, 0.25) is 0 Å². The minimum atomic E-state index is -0.342. The molecule has 1 aliphatic heterocycles. The molecular formula is C36H26Br2Cl2N2O4S. The molecular weight excluding hydrogens is 787 g/mol. The third kappa shape index (κ3) is 6.08. The summed E-state index contributed by atoms with van der Waals surface area (Å²) in [6.45, 7) is 0.259. The minimum absolute atomic E-state index is 0.108. The van der Waals surface area contributed by atoms with Crippen LogP contribution in [0.4, 0.5) is 0 Å². The van der Waals surface area contributed by atoms with E-state index >= 15 is 0 Å². The van der Waals surface area contributed by atoms with Crippen molar-refractivity contribution >= 4 is 78.2 Å². The zero-order chi connectivity index (χ0) is 32.8. The molecule has 0 saturated carbocycles. The molecule has 0 fully saturated rings. The van der Waals surface area contributed by atoms with Crippen molar-refractivity contribution in [3.8, 4) is 17.2 Å². The Labute approximate surface area is 301 Å². The number of thiazole rings is 1. The van der Waals surface area contributed by atoms with Crippen LogP contribution in [-0.4, -0.2) is 18.8 Å². The van der Waals surface area contributed by atoms with Crippen LogP contribution in [0.3, 0.4) is 0 Å². The highest BCUT2D eigenvalue weighted by Crippen LogP contribution is 2.43. The summed E-state index contributed by atoms with van der Waals surface area (Å²) in [5.41, 5.74) is 6.89. The number of rotatable bonds is 7. The molecule has 4 aromatic carbocycles. The minimum Gasteiger partial charge on any atom is -0.493 e. The first-order valence-electron chi connectivity index (χ1n) is 14.7. The van der Waals surface area contributed by atoms with E-state index < -0.39 is 0 Å². The van der Waals surface area contributed by atoms with Gasteiger partial charge in [-0.05, 0) is 109 Å². The molecule has 0 saturated heterocycles. The molecule has 7 rings (SSSR count). The van der Waals surface area contributed by atoms with Gasteiger partial charge in [-0.2, -0.15) is 0 Å². The largest absolute Gasteiger partial charge is 0.493 e. The second-order valence-electron chi connectivity index (χ2n) is 11.1. The summed E-state index contributed by atoms with van der Waals surface area (Å²) in [6, 6.07) is 23.0. The van der Waals surface area contributed by atoms with E-state index in [1.54, 1.807) is 26.4 Å². The number of hydrogen-bond acceptors (Lipinski definition) is 6. The lowest BCUT2D eigenvalue weighted by Gasteiger charge is -2.31. The summed E-state index contributed by atoms with van der Waals surface area (Å²) in [5, 5.41) is 1.10. The van der Waals surface area contributed by atoms with E-state index in [0.717, 1.165) is 55.3 Å². The summed E-state index contributed by atoms with van der Waals surface area (Å²) < 4.78 is 21.1. The molecule has 1 aliphatic carbocycles. The lowest BCUT2D eigenvalue weighted by Crippen LogP contribution is -2.38. The van der Waals surface area contributed by atoms with E-state index in [1.165, 1.54) is 16.9 Å². The van der Waals surface area contributed by atoms with Crippen LogP contribution in [0, 0.1) is 0 Å². The van der Waals surface area contributed by atoms with Crippen LogP contribution in [-0.2, 0) is 13.0 Å². The van der Waals surface area contributed by atoms with Gasteiger partial charge in [0.05, 0.1) is 39.4 Å². The SMILES string of the molecule is COc1ccc([C@@H]2C3=C(N=c4s/c(=C\c5cc(Br)c(OCc6ccc(Cl)cc6Cl)c(Br)c5)c(=O)n42)c2ccccc2CC3)cc1OC. The van der Waals surface area contributed by atoms with Gasteiger partial charge in [0.15, 0.2) is 16.3 Å². The Morgan fingerprint density at radius 1 is 0.957 bits per heavy atom. The average Bonchev–Trinajstić information content (AvgIpc) is 3.37. The van der Waals surface area contributed by atoms with Gasteiger partial charge < -0.3 is 14.2 Å². The molecule has 5 aromatic rings. The lowest BCUT2D eigenvalue weighted by atomic mass is 9.83. The zero-order valence-corrected chi connectivity index (χ0v) is 30.7. The molecule has 0 spiro atoms. The van der Waals surface area contributed by atoms with Crippen LogP contribution >= 0.6 is 66.4 Å². The standard InChI is InChI=1S/C36H26Br2Cl2N2O4S/c1-44-29-12-9-21(16-30(29)45-2)33-25-11-8-20-5-3-4-6-24(20)32(25)41-36-42(33)35(43)31(47-36)15-19-13-26(37)34(27(38)14-19)46-18-22-7-10-23(39)17-28(22)40/h3-7,9-10,12-17,33H,8,11,18H2,1-2H3/b31-15-/t33-/m1/s1. The number of benzene rings is 4. The van der Waals surface area contributed by atoms with E-state index in [4.69, 9.17) is 42.4 Å². The topological polar surface area (TPSA) is 62.0 Å². The highest BCUT2D eigenvalue weighted by molar-refractivity contribution is 9.11. The van der Waals surface area contributed by atoms with Crippen LogP contribution in [0.15, 0.2) is 97.1 Å². The summed E-state index contributed by atoms with van der Waals surface area (Å²) in [4.78, 5) is 20.1. The fraction of sp³-hybridized carbons (Fsp3) is 0.167. The number of methoxy groups -OCH3 is 2. The number of allylic oxidation sites excluding steroid dienone is 1. The molecule has 2 heterocycles. The van der Waals surface area contributed by atoms with E-state index in [1.807, 2.05) is 53.1 Å². The number of fused-ring (bicyclic) bond motifs is 3. The number of halogens is 4. The molecule has 0 amide bonds. The van der Waals surface area contributed by atoms with Crippen molar-refractivity contribution < 1.29 is 14.2 Å². The molecule has 47 heavy (non-hydrogen) atoms. The molecule has 0 radical (unpaired) electrons. The van der Waals surface area contributed by atoms with E-state index in [9.17, 15) is 4.79 Å². The molecule has 0 bridgehead atoms. The van der Waals surface area contributed by atoms with Crippen molar-refractivity contribution in [3.05, 3.63) is 145 Å². The first-order chi connectivity index (χ1) is 22.7. The second kappa shape index (κ2) is 13.3. The summed E-state index contributed by atoms with van der Waals surface area (Å²) in [5.74, 6) is 1.86. The predicted octanol–water partition coefficient (Wildman–Crippen LogP) is 8.75. The van der Waals surface area contributed by atoms with Crippen LogP contribution in [0.5, 0.6) is 17.2 Å². The third-order valence-corrected chi connectivity index (χ3v) is 11.0. The Morgan fingerprint density at radius 3 is 2.47 bits per heavy atom. The molecule has 238 valence electrons. The van der Waals surface area contributed by atoms with Crippen LogP contribution in [0.1, 0.15) is 40.3 Å². The molecule has 1 atom stereocenters. The molecule has 11 heteroatoms. The predicted molar refractivity (Wildman–Crippen MR) is 195 cm³/mol. The van der Waals surface area contributed by atoms with Crippen molar-refractivity contribution in [2.75, 3.05) is 14.2 Å². The maximum atomic E-state index is 14.3. The van der Waals surface area contributed by atoms with Gasteiger partial charge in [0.1, 0.15) is 12.4 Å². The van der Waals surface area contributed by atoms with E-state index in [2.05, 4.69) is 50.1 Å². The zero-order valence-electron chi connectivity index (χ0n) is 25.2. The van der Waals surface area contributed by atoms with Gasteiger partial charge >= 0.3 is 0 Å². The summed E-state index contributed by atoms with van der Waals surface area (Å²) in [7, 11) is 3.23. The highest BCUT2D eigenvalue weighted by Gasteiger charge is 2.33. The normalized spacial score (nSPS) is 15.4. The van der Waals surface area contributed by atoms with E-state index in [0.29, 0.717) is 36.6 Å². The van der Waals surface area contributed by atoms with Crippen molar-refractivity contribution in [3.63, 3.8) is 0 Å². The number of aryl methyl sites for hydroxylation is 1. The van der Waals surface area contributed by atoms with Gasteiger partial charge in [-0.15, -0.1) is 0 Å². The monoisotopic (exact) mass is 810 g/mol. The average molecular weight is 813 g/mol. The Bertz CT molecular complexity index is 2260. The van der Waals surface area contributed by atoms with Crippen LogP contribution < -0.4 is 29.1 Å². The Balaban J connectivity index is 1.32. The fourth-order valence-corrected chi connectivity index (χ4v) is 9.00. The summed E-state index contributed by atoms with van der Waals surface area (Å²) >= 11 is 21.1. The third-order valence-electron chi connectivity index (χ3n) is 8.30. The van der Waals surface area contributed by atoms with Gasteiger partial charge in [-0.1, -0.05) is 70.9 Å². The molecule has 1 aromatic heterocycles. The molecule has 2 aliphatic rings.